The summed E-state index contributed by atoms with van der Waals surface area (Å²) in [5.74, 6) is -0.579. The van der Waals surface area contributed by atoms with Crippen LogP contribution in [-0.4, -0.2) is 16.9 Å². The largest absolute Gasteiger partial charge is 0.349 e. The lowest BCUT2D eigenvalue weighted by Gasteiger charge is -2.13. The van der Waals surface area contributed by atoms with Crippen molar-refractivity contribution in [3.8, 4) is 0 Å². The van der Waals surface area contributed by atoms with Gasteiger partial charge in [-0.1, -0.05) is 24.4 Å². The van der Waals surface area contributed by atoms with Gasteiger partial charge in [-0.15, -0.1) is 0 Å². The van der Waals surface area contributed by atoms with Crippen molar-refractivity contribution in [1.29, 1.82) is 0 Å². The first kappa shape index (κ1) is 13.3. The average molecular weight is 293 g/mol. The van der Waals surface area contributed by atoms with Crippen LogP contribution in [0.15, 0.2) is 24.3 Å². The van der Waals surface area contributed by atoms with Gasteiger partial charge in [0.2, 0.25) is 0 Å². The molecule has 3 nitrogen and oxygen atoms in total. The van der Waals surface area contributed by atoms with E-state index in [1.165, 1.54) is 12.1 Å². The molecule has 0 radical (unpaired) electrons. The maximum Gasteiger partial charge on any atom is 0.254 e. The van der Waals surface area contributed by atoms with Crippen LogP contribution in [-0.2, 0) is 0 Å². The van der Waals surface area contributed by atoms with Gasteiger partial charge in [-0.25, -0.2) is 9.37 Å². The number of rotatable bonds is 2. The fourth-order valence-corrected chi connectivity index (χ4v) is 2.84. The normalized spacial score (nSPS) is 15.7. The van der Waals surface area contributed by atoms with Gasteiger partial charge in [0, 0.05) is 17.5 Å². The molecular formula is C15H14ClFN2O. The molecule has 5 heteroatoms. The van der Waals surface area contributed by atoms with Gasteiger partial charge in [0.05, 0.1) is 11.1 Å². The van der Waals surface area contributed by atoms with Crippen molar-refractivity contribution in [3.05, 3.63) is 40.8 Å². The summed E-state index contributed by atoms with van der Waals surface area (Å²) in [5.41, 5.74) is 0.796. The number of carbonyl (C=O) groups excluding carboxylic acids is 1. The molecule has 0 saturated heterocycles. The minimum atomic E-state index is -0.371. The fraction of sp³-hybridized carbons (Fsp3) is 0.333. The Bertz CT molecular complexity index is 668. The van der Waals surface area contributed by atoms with Gasteiger partial charge >= 0.3 is 0 Å². The lowest BCUT2D eigenvalue weighted by molar-refractivity contribution is 0.0938. The first-order valence-corrected chi connectivity index (χ1v) is 7.08. The van der Waals surface area contributed by atoms with E-state index in [2.05, 4.69) is 10.3 Å². The molecule has 0 spiro atoms. The summed E-state index contributed by atoms with van der Waals surface area (Å²) >= 11 is 6.04. The first-order valence-electron chi connectivity index (χ1n) is 6.70. The average Bonchev–Trinajstić information content (AvgIpc) is 2.90. The summed E-state index contributed by atoms with van der Waals surface area (Å²) in [4.78, 5) is 16.3. The van der Waals surface area contributed by atoms with Crippen LogP contribution < -0.4 is 5.32 Å². The molecule has 1 aliphatic carbocycles. The number of nitrogens with one attached hydrogen (secondary N) is 1. The highest BCUT2D eigenvalue weighted by Crippen LogP contribution is 2.23. The molecule has 0 aliphatic heterocycles. The second-order valence-electron chi connectivity index (χ2n) is 5.12. The van der Waals surface area contributed by atoms with E-state index in [9.17, 15) is 9.18 Å². The summed E-state index contributed by atoms with van der Waals surface area (Å²) in [6, 6.07) is 6.13. The van der Waals surface area contributed by atoms with E-state index in [0.717, 1.165) is 25.7 Å². The number of pyridine rings is 1. The standard InChI is InChI=1S/C15H14ClFN2O/c16-14-12(15(20)18-11-3-1-2-4-11)7-9-5-6-10(17)8-13(9)19-14/h5-8,11H,1-4H2,(H,18,20). The van der Waals surface area contributed by atoms with Crippen molar-refractivity contribution >= 4 is 28.4 Å². The number of hydrogen-bond donors (Lipinski definition) is 1. The Balaban J connectivity index is 1.92. The number of nitrogens with zero attached hydrogens (tertiary/aromatic N) is 1. The topological polar surface area (TPSA) is 42.0 Å². The molecule has 2 aromatic rings. The van der Waals surface area contributed by atoms with Crippen LogP contribution >= 0.6 is 11.6 Å². The Labute approximate surface area is 121 Å². The van der Waals surface area contributed by atoms with Crippen molar-refractivity contribution in [3.63, 3.8) is 0 Å². The maximum atomic E-state index is 13.1. The number of hydrogen-bond acceptors (Lipinski definition) is 2. The lowest BCUT2D eigenvalue weighted by Crippen LogP contribution is -2.32. The first-order chi connectivity index (χ1) is 9.63. The highest BCUT2D eigenvalue weighted by molar-refractivity contribution is 6.33. The quantitative estimate of drug-likeness (QED) is 0.858. The predicted octanol–water partition coefficient (Wildman–Crippen LogP) is 3.70. The molecule has 1 aromatic heterocycles. The maximum absolute atomic E-state index is 13.1. The van der Waals surface area contributed by atoms with E-state index in [1.807, 2.05) is 0 Å². The van der Waals surface area contributed by atoms with E-state index >= 15 is 0 Å². The van der Waals surface area contributed by atoms with E-state index in [-0.39, 0.29) is 22.9 Å². The van der Waals surface area contributed by atoms with Gasteiger partial charge < -0.3 is 5.32 Å². The highest BCUT2D eigenvalue weighted by atomic mass is 35.5. The van der Waals surface area contributed by atoms with Crippen molar-refractivity contribution in [1.82, 2.24) is 10.3 Å². The second kappa shape index (κ2) is 5.37. The second-order valence-corrected chi connectivity index (χ2v) is 5.48. The van der Waals surface area contributed by atoms with Crippen LogP contribution in [0, 0.1) is 5.82 Å². The van der Waals surface area contributed by atoms with Crippen molar-refractivity contribution in [2.75, 3.05) is 0 Å². The molecule has 1 aromatic carbocycles. The van der Waals surface area contributed by atoms with Crippen LogP contribution in [0.1, 0.15) is 36.0 Å². The Hall–Kier alpha value is -1.68. The van der Waals surface area contributed by atoms with E-state index < -0.39 is 0 Å². The lowest BCUT2D eigenvalue weighted by atomic mass is 10.1. The van der Waals surface area contributed by atoms with Crippen LogP contribution in [0.3, 0.4) is 0 Å². The smallest absolute Gasteiger partial charge is 0.254 e. The van der Waals surface area contributed by atoms with Crippen molar-refractivity contribution in [2.45, 2.75) is 31.7 Å². The Morgan fingerprint density at radius 2 is 2.05 bits per heavy atom. The minimum absolute atomic E-state index is 0.110. The predicted molar refractivity (Wildman–Crippen MR) is 76.4 cm³/mol. The number of halogens is 2. The SMILES string of the molecule is O=C(NC1CCCC1)c1cc2ccc(F)cc2nc1Cl. The van der Waals surface area contributed by atoms with Gasteiger partial charge in [-0.2, -0.15) is 0 Å². The number of carbonyl (C=O) groups is 1. The van der Waals surface area contributed by atoms with Crippen LogP contribution in [0.4, 0.5) is 4.39 Å². The molecule has 0 unspecified atom stereocenters. The zero-order valence-electron chi connectivity index (χ0n) is 10.8. The highest BCUT2D eigenvalue weighted by Gasteiger charge is 2.20. The van der Waals surface area contributed by atoms with E-state index in [4.69, 9.17) is 11.6 Å². The summed E-state index contributed by atoms with van der Waals surface area (Å²) < 4.78 is 13.1. The van der Waals surface area contributed by atoms with Gasteiger partial charge in [0.1, 0.15) is 11.0 Å². The third kappa shape index (κ3) is 2.61. The molecule has 1 saturated carbocycles. The molecule has 1 fully saturated rings. The molecule has 1 aliphatic rings. The van der Waals surface area contributed by atoms with Crippen molar-refractivity contribution in [2.24, 2.45) is 0 Å². The number of benzene rings is 1. The Morgan fingerprint density at radius 1 is 1.30 bits per heavy atom. The molecule has 1 amide bonds. The summed E-state index contributed by atoms with van der Waals surface area (Å²) in [5, 5.41) is 3.79. The monoisotopic (exact) mass is 292 g/mol. The third-order valence-electron chi connectivity index (χ3n) is 3.67. The summed E-state index contributed by atoms with van der Waals surface area (Å²) in [6.07, 6.45) is 4.31. The third-order valence-corrected chi connectivity index (χ3v) is 3.96. The number of aromatic nitrogens is 1. The minimum Gasteiger partial charge on any atom is -0.349 e. The van der Waals surface area contributed by atoms with Crippen LogP contribution in [0.2, 0.25) is 5.15 Å². The van der Waals surface area contributed by atoms with Gasteiger partial charge in [-0.3, -0.25) is 4.79 Å². The fourth-order valence-electron chi connectivity index (χ4n) is 2.61. The summed E-state index contributed by atoms with van der Waals surface area (Å²) in [7, 11) is 0. The zero-order valence-corrected chi connectivity index (χ0v) is 11.6. The van der Waals surface area contributed by atoms with Crippen LogP contribution in [0.5, 0.6) is 0 Å². The summed E-state index contributed by atoms with van der Waals surface area (Å²) in [6.45, 7) is 0. The molecule has 0 bridgehead atoms. The molecule has 20 heavy (non-hydrogen) atoms. The van der Waals surface area contributed by atoms with Gasteiger partial charge in [0.25, 0.3) is 5.91 Å². The molecular weight excluding hydrogens is 279 g/mol. The van der Waals surface area contributed by atoms with E-state index in [1.54, 1.807) is 12.1 Å². The molecule has 1 N–H and O–H groups in total. The zero-order chi connectivity index (χ0) is 14.1. The van der Waals surface area contributed by atoms with Crippen LogP contribution in [0.25, 0.3) is 10.9 Å². The van der Waals surface area contributed by atoms with E-state index in [0.29, 0.717) is 16.5 Å². The molecule has 0 atom stereocenters. The molecule has 104 valence electrons. The molecule has 3 rings (SSSR count). The number of fused-ring (bicyclic) bond motifs is 1. The Morgan fingerprint density at radius 3 is 2.80 bits per heavy atom. The number of amides is 1. The van der Waals surface area contributed by atoms with Crippen molar-refractivity contribution < 1.29 is 9.18 Å². The van der Waals surface area contributed by atoms with Gasteiger partial charge in [0.15, 0.2) is 0 Å². The van der Waals surface area contributed by atoms with Gasteiger partial charge in [-0.05, 0) is 31.0 Å². The molecule has 1 heterocycles. The Kier molecular flexibility index (Phi) is 3.57.